The number of fused-ring (bicyclic) bond motifs is 1. The van der Waals surface area contributed by atoms with Crippen molar-refractivity contribution in [3.05, 3.63) is 47.1 Å². The summed E-state index contributed by atoms with van der Waals surface area (Å²) >= 11 is 7.58. The van der Waals surface area contributed by atoms with E-state index in [9.17, 15) is 4.79 Å². The second-order valence-electron chi connectivity index (χ2n) is 4.67. The number of benzene rings is 1. The highest BCUT2D eigenvalue weighted by Gasteiger charge is 2.22. The molecule has 5 nitrogen and oxygen atoms in total. The van der Waals surface area contributed by atoms with Crippen LogP contribution in [0.1, 0.15) is 5.76 Å². The third-order valence-corrected chi connectivity index (χ3v) is 5.05. The van der Waals surface area contributed by atoms with Crippen molar-refractivity contribution in [2.75, 3.05) is 0 Å². The lowest BCUT2D eigenvalue weighted by Gasteiger charge is -1.92. The number of imidazole rings is 1. The average molecular weight is 359 g/mol. The van der Waals surface area contributed by atoms with Gasteiger partial charge in [0, 0.05) is 6.08 Å². The Balaban J connectivity index is 1.55. The van der Waals surface area contributed by atoms with Crippen LogP contribution in [0.4, 0.5) is 0 Å². The number of thioether (sulfide) groups is 1. The minimum Gasteiger partial charge on any atom is -0.450 e. The molecule has 4 rings (SSSR count). The molecule has 0 bridgehead atoms. The fourth-order valence-electron chi connectivity index (χ4n) is 2.09. The van der Waals surface area contributed by atoms with Gasteiger partial charge in [-0.05, 0) is 36.0 Å². The van der Waals surface area contributed by atoms with Crippen LogP contribution in [0.3, 0.4) is 0 Å². The van der Waals surface area contributed by atoms with Crippen LogP contribution in [0.5, 0.6) is 0 Å². The zero-order chi connectivity index (χ0) is 15.8. The van der Waals surface area contributed by atoms with Crippen molar-refractivity contribution in [3.8, 4) is 0 Å². The molecule has 1 aliphatic heterocycles. The fraction of sp³-hybridized carbons (Fsp3) is 0. The summed E-state index contributed by atoms with van der Waals surface area (Å²) < 4.78 is 6.18. The molecule has 0 aliphatic carbocycles. The molecule has 1 saturated heterocycles. The fourth-order valence-corrected chi connectivity index (χ4v) is 3.88. The van der Waals surface area contributed by atoms with Crippen LogP contribution >= 0.6 is 35.7 Å². The van der Waals surface area contributed by atoms with E-state index in [4.69, 9.17) is 16.6 Å². The maximum atomic E-state index is 11.6. The highest BCUT2D eigenvalue weighted by molar-refractivity contribution is 8.26. The zero-order valence-corrected chi connectivity index (χ0v) is 14.0. The average Bonchev–Trinajstić information content (AvgIpc) is 3.19. The minimum absolute atomic E-state index is 0.192. The highest BCUT2D eigenvalue weighted by Crippen LogP contribution is 2.31. The van der Waals surface area contributed by atoms with Gasteiger partial charge in [-0.25, -0.2) is 4.98 Å². The SMILES string of the molecule is O=C1NC(=S)S/C1=C/c1ccc(Sc2nc3ccccc3[nH]2)o1. The molecule has 0 saturated carbocycles. The van der Waals surface area contributed by atoms with E-state index >= 15 is 0 Å². The Kier molecular flexibility index (Phi) is 3.72. The van der Waals surface area contributed by atoms with Gasteiger partial charge in [-0.3, -0.25) is 4.79 Å². The number of rotatable bonds is 3. The molecule has 3 aromatic rings. The summed E-state index contributed by atoms with van der Waals surface area (Å²) in [6, 6.07) is 11.5. The second kappa shape index (κ2) is 5.88. The molecule has 2 aromatic heterocycles. The summed E-state index contributed by atoms with van der Waals surface area (Å²) in [5.74, 6) is 0.411. The Hall–Kier alpha value is -2.03. The van der Waals surface area contributed by atoms with E-state index in [1.165, 1.54) is 23.5 Å². The van der Waals surface area contributed by atoms with Gasteiger partial charge in [0.25, 0.3) is 5.91 Å². The molecule has 1 fully saturated rings. The van der Waals surface area contributed by atoms with E-state index in [-0.39, 0.29) is 5.91 Å². The third-order valence-electron chi connectivity index (χ3n) is 3.08. The van der Waals surface area contributed by atoms with Crippen LogP contribution in [0, 0.1) is 0 Å². The van der Waals surface area contributed by atoms with Gasteiger partial charge in [0.15, 0.2) is 10.2 Å². The van der Waals surface area contributed by atoms with Crippen molar-refractivity contribution in [2.45, 2.75) is 10.2 Å². The molecular weight excluding hydrogens is 350 g/mol. The first kappa shape index (κ1) is 14.6. The molecule has 8 heteroatoms. The van der Waals surface area contributed by atoms with Crippen LogP contribution in [-0.2, 0) is 4.79 Å². The summed E-state index contributed by atoms with van der Waals surface area (Å²) in [6.45, 7) is 0. The van der Waals surface area contributed by atoms with Gasteiger partial charge in [0.05, 0.1) is 15.9 Å². The van der Waals surface area contributed by atoms with Gasteiger partial charge in [-0.2, -0.15) is 0 Å². The van der Waals surface area contributed by atoms with Crippen molar-refractivity contribution in [1.29, 1.82) is 0 Å². The first-order valence-corrected chi connectivity index (χ1v) is 8.69. The predicted octanol–water partition coefficient (Wildman–Crippen LogP) is 3.80. The lowest BCUT2D eigenvalue weighted by atomic mass is 10.3. The molecule has 114 valence electrons. The van der Waals surface area contributed by atoms with Crippen LogP contribution in [0.25, 0.3) is 17.1 Å². The summed E-state index contributed by atoms with van der Waals surface area (Å²) in [6.07, 6.45) is 1.68. The normalized spacial score (nSPS) is 16.4. The minimum atomic E-state index is -0.192. The molecule has 1 aromatic carbocycles. The zero-order valence-electron chi connectivity index (χ0n) is 11.5. The highest BCUT2D eigenvalue weighted by atomic mass is 32.2. The summed E-state index contributed by atoms with van der Waals surface area (Å²) in [5, 5.41) is 4.03. The molecule has 23 heavy (non-hydrogen) atoms. The second-order valence-corrected chi connectivity index (χ2v) is 7.38. The topological polar surface area (TPSA) is 70.9 Å². The quantitative estimate of drug-likeness (QED) is 0.548. The van der Waals surface area contributed by atoms with E-state index in [1.54, 1.807) is 6.08 Å². The van der Waals surface area contributed by atoms with E-state index < -0.39 is 0 Å². The molecule has 0 spiro atoms. The number of hydrogen-bond donors (Lipinski definition) is 2. The number of hydrogen-bond acceptors (Lipinski definition) is 6. The van der Waals surface area contributed by atoms with Gasteiger partial charge < -0.3 is 14.7 Å². The Morgan fingerprint density at radius 2 is 2.13 bits per heavy atom. The first-order valence-electron chi connectivity index (χ1n) is 6.65. The van der Waals surface area contributed by atoms with E-state index in [0.717, 1.165) is 16.2 Å². The molecule has 0 atom stereocenters. The Morgan fingerprint density at radius 1 is 1.26 bits per heavy atom. The predicted molar refractivity (Wildman–Crippen MR) is 95.2 cm³/mol. The Morgan fingerprint density at radius 3 is 2.91 bits per heavy atom. The number of nitrogens with zero attached hydrogens (tertiary/aromatic N) is 1. The lowest BCUT2D eigenvalue weighted by Crippen LogP contribution is -2.17. The number of aromatic nitrogens is 2. The number of amides is 1. The van der Waals surface area contributed by atoms with Crippen molar-refractivity contribution in [2.24, 2.45) is 0 Å². The smallest absolute Gasteiger partial charge is 0.263 e. The van der Waals surface area contributed by atoms with Crippen molar-refractivity contribution < 1.29 is 9.21 Å². The molecule has 0 radical (unpaired) electrons. The maximum Gasteiger partial charge on any atom is 0.263 e. The number of thiocarbonyl (C=S) groups is 1. The van der Waals surface area contributed by atoms with Gasteiger partial charge in [0.2, 0.25) is 0 Å². The van der Waals surface area contributed by atoms with E-state index in [1.807, 2.05) is 36.4 Å². The van der Waals surface area contributed by atoms with Crippen LogP contribution in [-0.4, -0.2) is 20.2 Å². The standard InChI is InChI=1S/C15H9N3O2S3/c19-13-11(22-15(21)18-13)7-8-5-6-12(20-8)23-14-16-9-3-1-2-4-10(9)17-14/h1-7H,(H,16,17)(H,18,19,21)/b11-7+. The summed E-state index contributed by atoms with van der Waals surface area (Å²) in [7, 11) is 0. The van der Waals surface area contributed by atoms with Crippen molar-refractivity contribution >= 4 is 63.1 Å². The monoisotopic (exact) mass is 359 g/mol. The van der Waals surface area contributed by atoms with Gasteiger partial charge in [0.1, 0.15) is 10.1 Å². The number of furan rings is 1. The van der Waals surface area contributed by atoms with Gasteiger partial charge in [-0.15, -0.1) is 0 Å². The number of carbonyl (C=O) groups excluding carboxylic acids is 1. The van der Waals surface area contributed by atoms with Crippen LogP contribution in [0.15, 0.2) is 56.0 Å². The van der Waals surface area contributed by atoms with Crippen LogP contribution < -0.4 is 5.32 Å². The third kappa shape index (κ3) is 3.05. The number of aromatic amines is 1. The molecular formula is C15H9N3O2S3. The number of carbonyl (C=O) groups is 1. The molecule has 1 amide bonds. The number of nitrogens with one attached hydrogen (secondary N) is 2. The van der Waals surface area contributed by atoms with Gasteiger partial charge in [-0.1, -0.05) is 36.1 Å². The largest absolute Gasteiger partial charge is 0.450 e. The summed E-state index contributed by atoms with van der Waals surface area (Å²) in [5.41, 5.74) is 1.90. The molecule has 2 N–H and O–H groups in total. The van der Waals surface area contributed by atoms with Gasteiger partial charge >= 0.3 is 0 Å². The Labute approximate surface area is 144 Å². The van der Waals surface area contributed by atoms with Crippen LogP contribution in [0.2, 0.25) is 0 Å². The molecule has 0 unspecified atom stereocenters. The molecule has 3 heterocycles. The van der Waals surface area contributed by atoms with E-state index in [0.29, 0.717) is 20.1 Å². The first-order chi connectivity index (χ1) is 11.2. The summed E-state index contributed by atoms with van der Waals surface area (Å²) in [4.78, 5) is 19.9. The number of para-hydroxylation sites is 2. The maximum absolute atomic E-state index is 11.6. The van der Waals surface area contributed by atoms with Crippen molar-refractivity contribution in [1.82, 2.24) is 15.3 Å². The Bertz CT molecular complexity index is 925. The molecule has 1 aliphatic rings. The van der Waals surface area contributed by atoms with Crippen molar-refractivity contribution in [3.63, 3.8) is 0 Å². The number of H-pyrrole nitrogens is 1. The van der Waals surface area contributed by atoms with E-state index in [2.05, 4.69) is 15.3 Å². The lowest BCUT2D eigenvalue weighted by molar-refractivity contribution is -0.115.